The fraction of sp³-hybridized carbons (Fsp3) is 0.552. The fourth-order valence-electron chi connectivity index (χ4n) is 13.7. The zero-order valence-electron chi connectivity index (χ0n) is 50.5. The first-order valence-electron chi connectivity index (χ1n) is 30.2. The highest BCUT2D eigenvalue weighted by Crippen LogP contribution is 2.51. The number of piperazine rings is 2. The molecule has 6 fully saturated rings. The van der Waals surface area contributed by atoms with Crippen molar-refractivity contribution < 1.29 is 52.0 Å². The molecule has 2 spiro atoms. The van der Waals surface area contributed by atoms with Crippen LogP contribution in [0.25, 0.3) is 42.6 Å². The SMILES string of the molecule is CS(=O)(=O)N1CCN(CCn2c(=O)oc3cc(NC4CC5(CCN(c6nc(Cl)nc7sc(CC(F)(F)F)cc67)C5)C4)ccc32)CC1.CS(=O)(=O)N1CCN(CCn2c(=O)oc3cc(NC4CC5(CCNC5)C4)ccc32)CC1.FC(F)(F)Cc1cc2c(Cl)nc(Cl)nc2s1. The Labute approximate surface area is 553 Å². The van der Waals surface area contributed by atoms with Crippen molar-refractivity contribution in [3.63, 3.8) is 0 Å². The van der Waals surface area contributed by atoms with E-state index in [1.807, 2.05) is 36.4 Å². The highest BCUT2D eigenvalue weighted by atomic mass is 35.5. The van der Waals surface area contributed by atoms with Crippen LogP contribution in [0, 0.1) is 10.8 Å². The monoisotopic (exact) mass is 1430 g/mol. The van der Waals surface area contributed by atoms with E-state index in [1.54, 1.807) is 15.2 Å². The Morgan fingerprint density at radius 3 is 1.53 bits per heavy atom. The molecule has 0 bridgehead atoms. The molecule has 2 saturated carbocycles. The minimum absolute atomic E-state index is 0.0281. The molecule has 10 heterocycles. The molecule has 8 aromatic rings. The molecule has 0 amide bonds. The fourth-order valence-corrected chi connectivity index (χ4v) is 18.2. The van der Waals surface area contributed by atoms with Crippen LogP contribution in [0.2, 0.25) is 15.7 Å². The maximum Gasteiger partial charge on any atom is 0.419 e. The zero-order valence-corrected chi connectivity index (χ0v) is 56.0. The first-order valence-corrected chi connectivity index (χ1v) is 36.7. The van der Waals surface area contributed by atoms with Gasteiger partial charge in [0.15, 0.2) is 11.2 Å². The summed E-state index contributed by atoms with van der Waals surface area (Å²) in [6.45, 7) is 10.4. The summed E-state index contributed by atoms with van der Waals surface area (Å²) in [5.41, 5.74) is 5.04. The number of thiophene rings is 2. The molecule has 14 rings (SSSR count). The second-order valence-electron chi connectivity index (χ2n) is 25.1. The van der Waals surface area contributed by atoms with Crippen LogP contribution < -0.4 is 32.4 Å². The summed E-state index contributed by atoms with van der Waals surface area (Å²) in [4.78, 5) is 48.8. The van der Waals surface area contributed by atoms with Gasteiger partial charge in [-0.25, -0.2) is 41.4 Å². The number of benzene rings is 2. The molecule has 22 nitrogen and oxygen atoms in total. The molecule has 93 heavy (non-hydrogen) atoms. The highest BCUT2D eigenvalue weighted by Gasteiger charge is 2.49. The van der Waals surface area contributed by atoms with E-state index in [1.165, 1.54) is 46.5 Å². The number of fused-ring (bicyclic) bond motifs is 4. The quantitative estimate of drug-likeness (QED) is 0.0492. The summed E-state index contributed by atoms with van der Waals surface area (Å²) in [7, 11) is -6.33. The topological polar surface area (TPSA) is 242 Å². The Balaban J connectivity index is 0.000000151. The Hall–Kier alpha value is -5.39. The molecule has 2 aliphatic carbocycles. The number of nitrogens with one attached hydrogen (secondary N) is 3. The molecule has 0 radical (unpaired) electrons. The van der Waals surface area contributed by atoms with Crippen molar-refractivity contribution in [3.8, 4) is 0 Å². The predicted molar refractivity (Wildman–Crippen MR) is 349 cm³/mol. The average molecular weight is 1440 g/mol. The molecule has 0 atom stereocenters. The van der Waals surface area contributed by atoms with Gasteiger partial charge in [0.05, 0.1) is 41.8 Å². The third-order valence-electron chi connectivity index (χ3n) is 18.3. The second-order valence-corrected chi connectivity index (χ2v) is 32.3. The van der Waals surface area contributed by atoms with Crippen LogP contribution in [-0.4, -0.2) is 193 Å². The van der Waals surface area contributed by atoms with Crippen molar-refractivity contribution in [1.29, 1.82) is 0 Å². The first-order chi connectivity index (χ1) is 43.9. The van der Waals surface area contributed by atoms with E-state index in [4.69, 9.17) is 43.6 Å². The molecule has 0 unspecified atom stereocenters. The molecule has 2 aromatic carbocycles. The van der Waals surface area contributed by atoms with Gasteiger partial charge in [0.1, 0.15) is 20.6 Å². The smallest absolute Gasteiger partial charge is 0.408 e. The van der Waals surface area contributed by atoms with E-state index in [-0.39, 0.29) is 42.7 Å². The van der Waals surface area contributed by atoms with E-state index in [0.717, 1.165) is 85.0 Å². The van der Waals surface area contributed by atoms with E-state index < -0.39 is 51.0 Å². The number of halogens is 9. The third kappa shape index (κ3) is 16.0. The van der Waals surface area contributed by atoms with Crippen LogP contribution in [-0.2, 0) is 46.0 Å². The van der Waals surface area contributed by atoms with Crippen molar-refractivity contribution in [2.75, 3.05) is 120 Å². The number of hydrogen-bond acceptors (Lipinski definition) is 20. The molecule has 504 valence electrons. The zero-order chi connectivity index (χ0) is 66.0. The molecule has 6 aromatic heterocycles. The van der Waals surface area contributed by atoms with Crippen molar-refractivity contribution >= 4 is 137 Å². The number of anilines is 3. The van der Waals surface area contributed by atoms with Crippen LogP contribution in [0.3, 0.4) is 0 Å². The summed E-state index contributed by atoms with van der Waals surface area (Å²) in [6.07, 6.45) is -1.65. The van der Waals surface area contributed by atoms with Crippen molar-refractivity contribution in [3.05, 3.63) is 95.1 Å². The molecular formula is C58H67Cl3F6N14O8S4. The van der Waals surface area contributed by atoms with Crippen molar-refractivity contribution in [2.45, 2.75) is 88.9 Å². The summed E-state index contributed by atoms with van der Waals surface area (Å²) in [5, 5.41) is 11.7. The third-order valence-corrected chi connectivity index (χ3v) is 23.6. The van der Waals surface area contributed by atoms with E-state index >= 15 is 0 Å². The van der Waals surface area contributed by atoms with Gasteiger partial charge in [0.25, 0.3) is 0 Å². The van der Waals surface area contributed by atoms with Gasteiger partial charge in [-0.1, -0.05) is 11.6 Å². The first kappa shape index (κ1) is 67.6. The largest absolute Gasteiger partial charge is 0.419 e. The number of nitrogens with zero attached hydrogens (tertiary/aromatic N) is 11. The summed E-state index contributed by atoms with van der Waals surface area (Å²) in [6, 6.07) is 15.2. The Morgan fingerprint density at radius 2 is 1.06 bits per heavy atom. The van der Waals surface area contributed by atoms with Gasteiger partial charge >= 0.3 is 23.9 Å². The Morgan fingerprint density at radius 1 is 0.602 bits per heavy atom. The summed E-state index contributed by atoms with van der Waals surface area (Å²) in [5.74, 6) is -0.179. The van der Waals surface area contributed by atoms with Crippen molar-refractivity contribution in [2.24, 2.45) is 10.8 Å². The maximum absolute atomic E-state index is 13.0. The van der Waals surface area contributed by atoms with Crippen LogP contribution >= 0.6 is 57.5 Å². The maximum atomic E-state index is 13.0. The number of rotatable bonds is 15. The highest BCUT2D eigenvalue weighted by molar-refractivity contribution is 7.88. The van der Waals surface area contributed by atoms with E-state index in [2.05, 4.69) is 50.6 Å². The van der Waals surface area contributed by atoms with Crippen LogP contribution in [0.1, 0.15) is 48.3 Å². The molecule has 6 aliphatic rings. The lowest BCUT2D eigenvalue weighted by Gasteiger charge is -2.46. The minimum Gasteiger partial charge on any atom is -0.408 e. The minimum atomic E-state index is -4.30. The number of hydrogen-bond donors (Lipinski definition) is 3. The summed E-state index contributed by atoms with van der Waals surface area (Å²) >= 11 is 19.4. The van der Waals surface area contributed by atoms with Gasteiger partial charge in [-0.2, -0.15) is 39.9 Å². The Kier molecular flexibility index (Phi) is 19.3. The van der Waals surface area contributed by atoms with Gasteiger partial charge in [0.2, 0.25) is 30.6 Å². The molecule has 3 N–H and O–H groups in total. The van der Waals surface area contributed by atoms with Gasteiger partial charge in [-0.3, -0.25) is 18.9 Å². The lowest BCUT2D eigenvalue weighted by Crippen LogP contribution is -2.49. The Bertz CT molecular complexity index is 4410. The average Bonchev–Trinajstić information content (AvgIpc) is 1.64. The molecular weight excluding hydrogens is 1370 g/mol. The van der Waals surface area contributed by atoms with Crippen molar-refractivity contribution in [1.82, 2.24) is 52.8 Å². The molecule has 4 saturated heterocycles. The number of oxazole rings is 2. The van der Waals surface area contributed by atoms with E-state index in [9.17, 15) is 52.8 Å². The molecule has 35 heteroatoms. The van der Waals surface area contributed by atoms with Gasteiger partial charge in [-0.15, -0.1) is 22.7 Å². The summed E-state index contributed by atoms with van der Waals surface area (Å²) < 4.78 is 140. The predicted octanol–water partition coefficient (Wildman–Crippen LogP) is 9.23. The standard InChI is InChI=1S/C29H33ClF3N7O4S2.C21H31N5O4S.C8H3Cl2F3N2S/c1-46(42,43)39-9-6-37(7-10-39)8-11-40-22-3-2-18(12-23(22)44-27(40)41)34-19-14-28(15-19)4-5-38(17-28)24-21-13-20(16-29(31,32)33)45-25(21)36-26(30)35-24;1-31(28,29)25-9-6-24(7-10-25)8-11-26-18-3-2-16(12-19(18)30-20(26)27)23-17-13-21(14-17)4-5-22-15-21;9-5-4-1-3(2-8(11,12)13)16-6(4)15-7(10)14-5/h2-3,12-13,19,34H,4-11,14-17H2,1H3;2-3,12,17,22-23H,4-11,13-15H2,1H3;1H,2H2. The lowest BCUT2D eigenvalue weighted by atomic mass is 9.65. The van der Waals surface area contributed by atoms with Gasteiger partial charge < -0.3 is 29.7 Å². The normalized spacial score (nSPS) is 22.8. The number of sulfonamides is 2. The van der Waals surface area contributed by atoms with Gasteiger partial charge in [-0.05, 0) is 115 Å². The lowest BCUT2D eigenvalue weighted by molar-refractivity contribution is -0.127. The number of aromatic nitrogens is 6. The van der Waals surface area contributed by atoms with Crippen LogP contribution in [0.5, 0.6) is 0 Å². The van der Waals surface area contributed by atoms with Crippen LogP contribution in [0.15, 0.2) is 67.0 Å². The number of alkyl halides is 6. The van der Waals surface area contributed by atoms with Gasteiger partial charge in [0, 0.05) is 149 Å². The van der Waals surface area contributed by atoms with E-state index in [0.29, 0.717) is 133 Å². The molecule has 4 aliphatic heterocycles. The van der Waals surface area contributed by atoms with Crippen LogP contribution in [0.4, 0.5) is 43.5 Å². The second kappa shape index (κ2) is 26.6.